The average molecular weight is 255 g/mol. The Morgan fingerprint density at radius 3 is 2.11 bits per heavy atom. The number of benzene rings is 1. The number of esters is 1. The third-order valence-corrected chi connectivity index (χ3v) is 2.52. The maximum Gasteiger partial charge on any atom is 0.327 e. The molecule has 0 saturated carbocycles. The van der Waals surface area contributed by atoms with Crippen LogP contribution in [0, 0.1) is 0 Å². The van der Waals surface area contributed by atoms with E-state index in [2.05, 4.69) is 4.74 Å². The number of carbonyl (C=O) groups is 1. The Morgan fingerprint density at radius 2 is 1.67 bits per heavy atom. The van der Waals surface area contributed by atoms with Gasteiger partial charge in [0, 0.05) is 5.56 Å². The zero-order valence-electron chi connectivity index (χ0n) is 10.9. The molecule has 0 aliphatic rings. The largest absolute Gasteiger partial charge is 0.493 e. The van der Waals surface area contributed by atoms with Crippen molar-refractivity contribution in [3.8, 4) is 17.2 Å². The second-order valence-corrected chi connectivity index (χ2v) is 3.42. The van der Waals surface area contributed by atoms with Crippen LogP contribution in [0.3, 0.4) is 0 Å². The first-order valence-corrected chi connectivity index (χ1v) is 5.22. The topological polar surface area (TPSA) is 80.0 Å². The Labute approximate surface area is 106 Å². The van der Waals surface area contributed by atoms with Gasteiger partial charge in [0.25, 0.3) is 0 Å². The number of ether oxygens (including phenoxy) is 4. The molecule has 0 saturated heterocycles. The van der Waals surface area contributed by atoms with Gasteiger partial charge in [-0.2, -0.15) is 0 Å². The van der Waals surface area contributed by atoms with Crippen LogP contribution in [0.15, 0.2) is 12.1 Å². The average Bonchev–Trinajstić information content (AvgIpc) is 2.43. The van der Waals surface area contributed by atoms with Crippen LogP contribution in [0.4, 0.5) is 0 Å². The molecule has 0 amide bonds. The second-order valence-electron chi connectivity index (χ2n) is 3.42. The van der Waals surface area contributed by atoms with Crippen molar-refractivity contribution in [1.82, 2.24) is 0 Å². The molecule has 6 nitrogen and oxygen atoms in total. The van der Waals surface area contributed by atoms with E-state index in [1.165, 1.54) is 28.4 Å². The molecule has 0 bridgehead atoms. The highest BCUT2D eigenvalue weighted by Crippen LogP contribution is 2.41. The molecule has 0 spiro atoms. The van der Waals surface area contributed by atoms with Gasteiger partial charge in [0.15, 0.2) is 11.5 Å². The van der Waals surface area contributed by atoms with Gasteiger partial charge >= 0.3 is 5.97 Å². The highest BCUT2D eigenvalue weighted by atomic mass is 16.5. The summed E-state index contributed by atoms with van der Waals surface area (Å²) in [5, 5.41) is 0. The third kappa shape index (κ3) is 2.48. The number of hydrogen-bond donors (Lipinski definition) is 1. The monoisotopic (exact) mass is 255 g/mol. The lowest BCUT2D eigenvalue weighted by Gasteiger charge is -2.18. The van der Waals surface area contributed by atoms with Crippen LogP contribution in [0.25, 0.3) is 0 Å². The van der Waals surface area contributed by atoms with Crippen LogP contribution in [-0.2, 0) is 9.53 Å². The Balaban J connectivity index is 3.33. The predicted octanol–water partition coefficient (Wildman–Crippen LogP) is 0.885. The maximum atomic E-state index is 11.5. The van der Waals surface area contributed by atoms with Crippen LogP contribution in [0.2, 0.25) is 0 Å². The van der Waals surface area contributed by atoms with Crippen LogP contribution in [0.5, 0.6) is 17.2 Å². The first kappa shape index (κ1) is 14.1. The van der Waals surface area contributed by atoms with Gasteiger partial charge in [0.2, 0.25) is 5.75 Å². The lowest BCUT2D eigenvalue weighted by molar-refractivity contribution is -0.142. The van der Waals surface area contributed by atoms with Gasteiger partial charge in [-0.1, -0.05) is 0 Å². The molecule has 100 valence electrons. The second kappa shape index (κ2) is 6.11. The standard InChI is InChI=1S/C12H17NO5/c1-15-8-6-5-7(9(13)12(14)18-4)10(16-2)11(8)17-3/h5-6,9H,13H2,1-4H3/t9-/m0/s1. The molecule has 0 unspecified atom stereocenters. The van der Waals surface area contributed by atoms with Crippen molar-refractivity contribution in [2.24, 2.45) is 5.73 Å². The summed E-state index contributed by atoms with van der Waals surface area (Å²) in [6, 6.07) is 2.35. The van der Waals surface area contributed by atoms with E-state index in [1.807, 2.05) is 0 Å². The minimum absolute atomic E-state index is 0.356. The van der Waals surface area contributed by atoms with Crippen LogP contribution >= 0.6 is 0 Å². The van der Waals surface area contributed by atoms with E-state index >= 15 is 0 Å². The summed E-state index contributed by atoms with van der Waals surface area (Å²) in [5.74, 6) is 0.683. The maximum absolute atomic E-state index is 11.5. The van der Waals surface area contributed by atoms with E-state index in [9.17, 15) is 4.79 Å². The van der Waals surface area contributed by atoms with Crippen molar-refractivity contribution in [2.45, 2.75) is 6.04 Å². The minimum atomic E-state index is -0.940. The van der Waals surface area contributed by atoms with E-state index in [0.717, 1.165) is 0 Å². The van der Waals surface area contributed by atoms with E-state index < -0.39 is 12.0 Å². The molecule has 2 N–H and O–H groups in total. The summed E-state index contributed by atoms with van der Waals surface area (Å²) in [4.78, 5) is 11.5. The summed E-state index contributed by atoms with van der Waals surface area (Å²) in [5.41, 5.74) is 6.26. The highest BCUT2D eigenvalue weighted by Gasteiger charge is 2.24. The molecule has 1 aromatic rings. The molecule has 1 aromatic carbocycles. The molecule has 1 rings (SSSR count). The molecule has 1 atom stereocenters. The van der Waals surface area contributed by atoms with Gasteiger partial charge < -0.3 is 24.7 Å². The van der Waals surface area contributed by atoms with Crippen LogP contribution in [-0.4, -0.2) is 34.4 Å². The van der Waals surface area contributed by atoms with Gasteiger partial charge in [-0.05, 0) is 12.1 Å². The zero-order valence-corrected chi connectivity index (χ0v) is 10.9. The lowest BCUT2D eigenvalue weighted by Crippen LogP contribution is -2.23. The molecule has 0 aromatic heterocycles. The summed E-state index contributed by atoms with van der Waals surface area (Å²) in [6.07, 6.45) is 0. The first-order chi connectivity index (χ1) is 8.60. The van der Waals surface area contributed by atoms with Crippen molar-refractivity contribution >= 4 is 5.97 Å². The molecule has 0 aliphatic carbocycles. The summed E-state index contributed by atoms with van der Waals surface area (Å²) < 4.78 is 20.2. The van der Waals surface area contributed by atoms with Crippen molar-refractivity contribution in [1.29, 1.82) is 0 Å². The number of rotatable bonds is 5. The number of carbonyl (C=O) groups excluding carboxylic acids is 1. The Kier molecular flexibility index (Phi) is 4.79. The van der Waals surface area contributed by atoms with Crippen molar-refractivity contribution < 1.29 is 23.7 Å². The molecule has 6 heteroatoms. The molecule has 0 aliphatic heterocycles. The molecule has 0 fully saturated rings. The van der Waals surface area contributed by atoms with Gasteiger partial charge in [-0.25, -0.2) is 0 Å². The molecular formula is C12H17NO5. The first-order valence-electron chi connectivity index (χ1n) is 5.22. The Hall–Kier alpha value is -1.95. The van der Waals surface area contributed by atoms with Crippen molar-refractivity contribution in [2.75, 3.05) is 28.4 Å². The number of nitrogens with two attached hydrogens (primary N) is 1. The van der Waals surface area contributed by atoms with Gasteiger partial charge in [0.05, 0.1) is 28.4 Å². The van der Waals surface area contributed by atoms with Crippen molar-refractivity contribution in [3.63, 3.8) is 0 Å². The zero-order chi connectivity index (χ0) is 13.7. The predicted molar refractivity (Wildman–Crippen MR) is 65.0 cm³/mol. The number of methoxy groups -OCH3 is 4. The summed E-state index contributed by atoms with van der Waals surface area (Å²) in [7, 11) is 5.73. The molecule has 0 heterocycles. The Bertz CT molecular complexity index is 433. The fourth-order valence-electron chi connectivity index (χ4n) is 1.62. The van der Waals surface area contributed by atoms with E-state index in [0.29, 0.717) is 22.8 Å². The third-order valence-electron chi connectivity index (χ3n) is 2.52. The Morgan fingerprint density at radius 1 is 1.06 bits per heavy atom. The molecule has 0 radical (unpaired) electrons. The summed E-state index contributed by atoms with van der Waals surface area (Å²) in [6.45, 7) is 0. The van der Waals surface area contributed by atoms with Gasteiger partial charge in [0.1, 0.15) is 6.04 Å². The van der Waals surface area contributed by atoms with Gasteiger partial charge in [-0.3, -0.25) is 4.79 Å². The van der Waals surface area contributed by atoms with E-state index in [-0.39, 0.29) is 0 Å². The molecule has 18 heavy (non-hydrogen) atoms. The van der Waals surface area contributed by atoms with Gasteiger partial charge in [-0.15, -0.1) is 0 Å². The summed E-state index contributed by atoms with van der Waals surface area (Å²) >= 11 is 0. The van der Waals surface area contributed by atoms with Crippen LogP contribution in [0.1, 0.15) is 11.6 Å². The minimum Gasteiger partial charge on any atom is -0.493 e. The quantitative estimate of drug-likeness (QED) is 0.787. The normalized spacial score (nSPS) is 11.6. The smallest absolute Gasteiger partial charge is 0.327 e. The fraction of sp³-hybridized carbons (Fsp3) is 0.417. The lowest BCUT2D eigenvalue weighted by atomic mass is 10.1. The van der Waals surface area contributed by atoms with Crippen LogP contribution < -0.4 is 19.9 Å². The highest BCUT2D eigenvalue weighted by molar-refractivity contribution is 5.79. The van der Waals surface area contributed by atoms with E-state index in [1.54, 1.807) is 12.1 Å². The molecular weight excluding hydrogens is 238 g/mol. The van der Waals surface area contributed by atoms with Crippen molar-refractivity contribution in [3.05, 3.63) is 17.7 Å². The fourth-order valence-corrected chi connectivity index (χ4v) is 1.62. The number of hydrogen-bond acceptors (Lipinski definition) is 6. The van der Waals surface area contributed by atoms with E-state index in [4.69, 9.17) is 19.9 Å². The SMILES string of the molecule is COC(=O)[C@@H](N)c1ccc(OC)c(OC)c1OC.